The highest BCUT2D eigenvalue weighted by molar-refractivity contribution is 7.10. The molecule has 0 aliphatic heterocycles. The lowest BCUT2D eigenvalue weighted by Crippen LogP contribution is -1.50. The summed E-state index contributed by atoms with van der Waals surface area (Å²) in [7, 11) is 0. The summed E-state index contributed by atoms with van der Waals surface area (Å²) in [6, 6.07) is 4.57. The number of thiophene rings is 1. The minimum atomic E-state index is -0.304. The number of rotatable bonds is 0. The van der Waals surface area contributed by atoms with E-state index in [1.807, 2.05) is 6.07 Å². The van der Waals surface area contributed by atoms with Gasteiger partial charge in [-0.2, -0.15) is 9.65 Å². The van der Waals surface area contributed by atoms with Gasteiger partial charge in [-0.25, -0.2) is 0 Å². The lowest BCUT2D eigenvalue weighted by molar-refractivity contribution is 0.657. The Labute approximate surface area is 50.0 Å². The molecule has 0 radical (unpaired) electrons. The van der Waals surface area contributed by atoms with E-state index in [0.29, 0.717) is 4.88 Å². The third-order valence-corrected chi connectivity index (χ3v) is 1.46. The van der Waals surface area contributed by atoms with E-state index in [2.05, 4.69) is 0 Å². The van der Waals surface area contributed by atoms with Crippen LogP contribution >= 0.6 is 11.3 Å². The zero-order valence-electron chi connectivity index (χ0n) is 3.89. The fourth-order valence-corrected chi connectivity index (χ4v) is 0.902. The smallest absolute Gasteiger partial charge is 0.177 e. The molecular formula is C5H2FNS. The van der Waals surface area contributed by atoms with Gasteiger partial charge in [0.05, 0.1) is 0 Å². The van der Waals surface area contributed by atoms with E-state index in [0.717, 1.165) is 11.3 Å². The average Bonchev–Trinajstić information content (AvgIpc) is 2.14. The second-order valence-corrected chi connectivity index (χ2v) is 2.25. The van der Waals surface area contributed by atoms with Crippen molar-refractivity contribution >= 4 is 11.3 Å². The van der Waals surface area contributed by atoms with Crippen molar-refractivity contribution in [3.8, 4) is 6.07 Å². The molecule has 0 bridgehead atoms. The van der Waals surface area contributed by atoms with Crippen LogP contribution in [0.3, 0.4) is 0 Å². The van der Waals surface area contributed by atoms with Gasteiger partial charge < -0.3 is 0 Å². The number of nitriles is 1. The molecule has 1 aromatic rings. The van der Waals surface area contributed by atoms with Crippen LogP contribution in [0.5, 0.6) is 0 Å². The minimum Gasteiger partial charge on any atom is -0.195 e. The lowest BCUT2D eigenvalue weighted by Gasteiger charge is -1.65. The normalized spacial score (nSPS) is 8.50. The van der Waals surface area contributed by atoms with E-state index >= 15 is 0 Å². The van der Waals surface area contributed by atoms with Gasteiger partial charge in [0, 0.05) is 0 Å². The fourth-order valence-electron chi connectivity index (χ4n) is 0.374. The second-order valence-electron chi connectivity index (χ2n) is 1.22. The van der Waals surface area contributed by atoms with Crippen molar-refractivity contribution in [3.05, 3.63) is 22.1 Å². The monoisotopic (exact) mass is 127 g/mol. The Morgan fingerprint density at radius 3 is 2.62 bits per heavy atom. The van der Waals surface area contributed by atoms with Crippen LogP contribution in [0.4, 0.5) is 4.39 Å². The molecule has 1 aromatic heterocycles. The highest BCUT2D eigenvalue weighted by Gasteiger charge is 1.93. The zero-order valence-corrected chi connectivity index (χ0v) is 4.70. The predicted octanol–water partition coefficient (Wildman–Crippen LogP) is 1.76. The first-order valence-electron chi connectivity index (χ1n) is 1.98. The molecule has 1 nitrogen and oxygen atoms in total. The third-order valence-electron chi connectivity index (χ3n) is 0.683. The van der Waals surface area contributed by atoms with Gasteiger partial charge in [0.1, 0.15) is 10.9 Å². The van der Waals surface area contributed by atoms with E-state index in [9.17, 15) is 4.39 Å². The molecule has 0 aromatic carbocycles. The van der Waals surface area contributed by atoms with Crippen LogP contribution in [0.2, 0.25) is 0 Å². The summed E-state index contributed by atoms with van der Waals surface area (Å²) in [5.41, 5.74) is 0. The Hall–Kier alpha value is -0.880. The van der Waals surface area contributed by atoms with E-state index in [1.165, 1.54) is 12.1 Å². The number of halogens is 1. The molecule has 3 heteroatoms. The van der Waals surface area contributed by atoms with Crippen molar-refractivity contribution in [3.63, 3.8) is 0 Å². The molecule has 8 heavy (non-hydrogen) atoms. The van der Waals surface area contributed by atoms with Gasteiger partial charge in [-0.1, -0.05) is 11.3 Å². The van der Waals surface area contributed by atoms with Crippen molar-refractivity contribution in [2.24, 2.45) is 0 Å². The van der Waals surface area contributed by atoms with Gasteiger partial charge in [0.2, 0.25) is 0 Å². The number of hydrogen-bond donors (Lipinski definition) is 0. The Morgan fingerprint density at radius 1 is 1.62 bits per heavy atom. The molecular weight excluding hydrogens is 125 g/mol. The third kappa shape index (κ3) is 0.849. The van der Waals surface area contributed by atoms with Crippen LogP contribution in [0.1, 0.15) is 4.88 Å². The van der Waals surface area contributed by atoms with Gasteiger partial charge in [-0.3, -0.25) is 0 Å². The second kappa shape index (κ2) is 1.93. The Balaban J connectivity index is 3.05. The summed E-state index contributed by atoms with van der Waals surface area (Å²) in [5.74, 6) is 0. The molecule has 1 heterocycles. The summed E-state index contributed by atoms with van der Waals surface area (Å²) >= 11 is 0.860. The molecule has 0 aliphatic rings. The summed E-state index contributed by atoms with van der Waals surface area (Å²) in [6.45, 7) is 0. The van der Waals surface area contributed by atoms with Gasteiger partial charge in [-0.15, -0.1) is 0 Å². The van der Waals surface area contributed by atoms with Crippen molar-refractivity contribution in [2.45, 2.75) is 0 Å². The Bertz CT molecular complexity index is 223. The first kappa shape index (κ1) is 5.26. The highest BCUT2D eigenvalue weighted by Crippen LogP contribution is 2.11. The standard InChI is InChI=1S/C5H2FNS/c6-5-2-1-4(3-7)8-5/h1-2H. The van der Waals surface area contributed by atoms with Crippen molar-refractivity contribution in [1.29, 1.82) is 5.26 Å². The molecule has 0 fully saturated rings. The molecule has 0 unspecified atom stereocenters. The maximum Gasteiger partial charge on any atom is 0.177 e. The lowest BCUT2D eigenvalue weighted by atomic mass is 10.5. The number of nitrogens with zero attached hydrogens (tertiary/aromatic N) is 1. The van der Waals surface area contributed by atoms with Crippen molar-refractivity contribution in [2.75, 3.05) is 0 Å². The predicted molar refractivity (Wildman–Crippen MR) is 29.0 cm³/mol. The van der Waals surface area contributed by atoms with Crippen LogP contribution in [0.25, 0.3) is 0 Å². The van der Waals surface area contributed by atoms with Gasteiger partial charge in [-0.05, 0) is 12.1 Å². The maximum absolute atomic E-state index is 12.0. The summed E-state index contributed by atoms with van der Waals surface area (Å²) in [5, 5.41) is 7.84. The zero-order chi connectivity index (χ0) is 5.98. The van der Waals surface area contributed by atoms with Gasteiger partial charge >= 0.3 is 0 Å². The van der Waals surface area contributed by atoms with Gasteiger partial charge in [0.15, 0.2) is 5.13 Å². The topological polar surface area (TPSA) is 23.8 Å². The molecule has 1 rings (SSSR count). The molecule has 0 spiro atoms. The molecule has 0 atom stereocenters. The molecule has 0 saturated heterocycles. The molecule has 0 amide bonds. The van der Waals surface area contributed by atoms with Crippen LogP contribution in [-0.4, -0.2) is 0 Å². The highest BCUT2D eigenvalue weighted by atomic mass is 32.1. The molecule has 0 saturated carbocycles. The van der Waals surface area contributed by atoms with Crippen molar-refractivity contribution < 1.29 is 4.39 Å². The molecule has 0 N–H and O–H groups in total. The van der Waals surface area contributed by atoms with Gasteiger partial charge in [0.25, 0.3) is 0 Å². The van der Waals surface area contributed by atoms with E-state index in [-0.39, 0.29) is 5.13 Å². The van der Waals surface area contributed by atoms with E-state index in [4.69, 9.17) is 5.26 Å². The van der Waals surface area contributed by atoms with Crippen molar-refractivity contribution in [1.82, 2.24) is 0 Å². The van der Waals surface area contributed by atoms with Crippen LogP contribution < -0.4 is 0 Å². The quantitative estimate of drug-likeness (QED) is 0.521. The largest absolute Gasteiger partial charge is 0.195 e. The van der Waals surface area contributed by atoms with Crippen LogP contribution in [0, 0.1) is 16.5 Å². The van der Waals surface area contributed by atoms with Crippen LogP contribution in [0.15, 0.2) is 12.1 Å². The average molecular weight is 127 g/mol. The van der Waals surface area contributed by atoms with Crippen LogP contribution in [-0.2, 0) is 0 Å². The Kier molecular flexibility index (Phi) is 1.27. The molecule has 0 aliphatic carbocycles. The molecule has 40 valence electrons. The fraction of sp³-hybridized carbons (Fsp3) is 0. The summed E-state index contributed by atoms with van der Waals surface area (Å²) < 4.78 is 12.0. The first-order chi connectivity index (χ1) is 3.83. The maximum atomic E-state index is 12.0. The SMILES string of the molecule is N#Cc1ccc(F)s1. The first-order valence-corrected chi connectivity index (χ1v) is 2.80. The summed E-state index contributed by atoms with van der Waals surface area (Å²) in [4.78, 5) is 0.419. The van der Waals surface area contributed by atoms with E-state index < -0.39 is 0 Å². The minimum absolute atomic E-state index is 0.304. The summed E-state index contributed by atoms with van der Waals surface area (Å²) in [6.07, 6.45) is 0. The van der Waals surface area contributed by atoms with E-state index in [1.54, 1.807) is 0 Å². The number of hydrogen-bond acceptors (Lipinski definition) is 2. The Morgan fingerprint density at radius 2 is 2.38 bits per heavy atom.